The van der Waals surface area contributed by atoms with Gasteiger partial charge in [0.1, 0.15) is 0 Å². The van der Waals surface area contributed by atoms with Crippen LogP contribution in [0.5, 0.6) is 0 Å². The largest absolute Gasteiger partial charge is 0.516 e. The van der Waals surface area contributed by atoms with Gasteiger partial charge in [0.05, 0.1) is 12.0 Å². The maximum Gasteiger partial charge on any atom is 0.516 e. The number of amides is 1. The van der Waals surface area contributed by atoms with Crippen LogP contribution in [-0.4, -0.2) is 32.4 Å². The molecular formula is C14H20F3NO5S. The first-order chi connectivity index (χ1) is 10.8. The fourth-order valence-electron chi connectivity index (χ4n) is 1.82. The molecule has 0 heterocycles. The van der Waals surface area contributed by atoms with Crippen LogP contribution in [0.2, 0.25) is 0 Å². The standard InChI is InChI=1S/C14H20F3NO5S/c1-5-7-13(6-2,8-9-23-11(19)10(3)4)12(20)18-24(21,22)14(15,16)17/h5H,1,3,6-9H2,2,4H3,(H,18,20). The maximum atomic E-state index is 12.4. The van der Waals surface area contributed by atoms with Crippen LogP contribution in [0.15, 0.2) is 24.8 Å². The number of allylic oxidation sites excluding steroid dienone is 1. The average Bonchev–Trinajstić information content (AvgIpc) is 2.44. The van der Waals surface area contributed by atoms with Gasteiger partial charge in [-0.05, 0) is 26.2 Å². The smallest absolute Gasteiger partial charge is 0.462 e. The molecule has 1 amide bonds. The zero-order valence-electron chi connectivity index (χ0n) is 13.4. The van der Waals surface area contributed by atoms with Crippen molar-refractivity contribution < 1.29 is 35.9 Å². The van der Waals surface area contributed by atoms with Gasteiger partial charge in [-0.3, -0.25) is 4.79 Å². The number of carbonyl (C=O) groups is 2. The van der Waals surface area contributed by atoms with Gasteiger partial charge in [-0.25, -0.2) is 9.52 Å². The first-order valence-corrected chi connectivity index (χ1v) is 8.38. The summed E-state index contributed by atoms with van der Waals surface area (Å²) in [4.78, 5) is 23.5. The molecule has 0 aliphatic rings. The third-order valence-corrected chi connectivity index (χ3v) is 4.45. The van der Waals surface area contributed by atoms with E-state index in [1.165, 1.54) is 19.9 Å². The lowest BCUT2D eigenvalue weighted by Gasteiger charge is -2.30. The summed E-state index contributed by atoms with van der Waals surface area (Å²) >= 11 is 0. The molecule has 0 saturated carbocycles. The normalized spacial score (nSPS) is 14.4. The molecule has 138 valence electrons. The second-order valence-electron chi connectivity index (χ2n) is 5.17. The van der Waals surface area contributed by atoms with Gasteiger partial charge in [0.2, 0.25) is 5.91 Å². The molecule has 24 heavy (non-hydrogen) atoms. The number of hydrogen-bond acceptors (Lipinski definition) is 5. The molecule has 0 radical (unpaired) electrons. The third-order valence-electron chi connectivity index (χ3n) is 3.39. The molecule has 1 atom stereocenters. The summed E-state index contributed by atoms with van der Waals surface area (Å²) in [6.07, 6.45) is 1.04. The highest BCUT2D eigenvalue weighted by molar-refractivity contribution is 7.90. The molecule has 1 unspecified atom stereocenters. The minimum absolute atomic E-state index is 0.0167. The molecule has 6 nitrogen and oxygen atoms in total. The lowest BCUT2D eigenvalue weighted by Crippen LogP contribution is -2.48. The van der Waals surface area contributed by atoms with Crippen LogP contribution in [0.3, 0.4) is 0 Å². The van der Waals surface area contributed by atoms with Crippen LogP contribution < -0.4 is 4.72 Å². The van der Waals surface area contributed by atoms with E-state index in [4.69, 9.17) is 4.74 Å². The van der Waals surface area contributed by atoms with Crippen molar-refractivity contribution in [2.24, 2.45) is 5.41 Å². The third kappa shape index (κ3) is 5.66. The first-order valence-electron chi connectivity index (χ1n) is 6.90. The van der Waals surface area contributed by atoms with Gasteiger partial charge in [0.15, 0.2) is 0 Å². The number of alkyl halides is 3. The summed E-state index contributed by atoms with van der Waals surface area (Å²) in [7, 11) is -5.82. The van der Waals surface area contributed by atoms with Crippen molar-refractivity contribution in [3.63, 3.8) is 0 Å². The zero-order chi connectivity index (χ0) is 19.2. The maximum absolute atomic E-state index is 12.4. The van der Waals surface area contributed by atoms with E-state index in [0.29, 0.717) is 0 Å². The first kappa shape index (κ1) is 22.2. The van der Waals surface area contributed by atoms with Gasteiger partial charge in [0.25, 0.3) is 0 Å². The molecule has 0 fully saturated rings. The van der Waals surface area contributed by atoms with Crippen molar-refractivity contribution in [2.75, 3.05) is 6.61 Å². The van der Waals surface area contributed by atoms with Crippen molar-refractivity contribution in [1.29, 1.82) is 0 Å². The van der Waals surface area contributed by atoms with Crippen molar-refractivity contribution in [3.05, 3.63) is 24.8 Å². The molecule has 0 aliphatic heterocycles. The number of sulfonamides is 1. The molecule has 0 saturated heterocycles. The lowest BCUT2D eigenvalue weighted by atomic mass is 9.78. The van der Waals surface area contributed by atoms with E-state index in [1.807, 2.05) is 0 Å². The Morgan fingerprint density at radius 3 is 2.21 bits per heavy atom. The fourth-order valence-corrected chi connectivity index (χ4v) is 2.39. The van der Waals surface area contributed by atoms with Crippen LogP contribution in [0.25, 0.3) is 0 Å². The quantitative estimate of drug-likeness (QED) is 0.382. The van der Waals surface area contributed by atoms with Gasteiger partial charge < -0.3 is 4.74 Å². The van der Waals surface area contributed by atoms with Crippen molar-refractivity contribution in [3.8, 4) is 0 Å². The average molecular weight is 371 g/mol. The Labute approximate surface area is 138 Å². The minimum atomic E-state index is -5.82. The molecule has 0 bridgehead atoms. The van der Waals surface area contributed by atoms with E-state index in [0.717, 1.165) is 4.72 Å². The summed E-state index contributed by atoms with van der Waals surface area (Å²) < 4.78 is 65.4. The van der Waals surface area contributed by atoms with Crippen molar-refractivity contribution in [1.82, 2.24) is 4.72 Å². The van der Waals surface area contributed by atoms with Gasteiger partial charge in [-0.1, -0.05) is 19.6 Å². The summed E-state index contributed by atoms with van der Waals surface area (Å²) in [5, 5.41) is 0. The zero-order valence-corrected chi connectivity index (χ0v) is 14.2. The topological polar surface area (TPSA) is 89.5 Å². The molecule has 0 rings (SSSR count). The van der Waals surface area contributed by atoms with Gasteiger partial charge in [-0.2, -0.15) is 21.6 Å². The minimum Gasteiger partial charge on any atom is -0.462 e. The molecule has 0 spiro atoms. The number of ether oxygens (including phenoxy) is 1. The van der Waals surface area contributed by atoms with Crippen LogP contribution in [-0.2, 0) is 24.3 Å². The summed E-state index contributed by atoms with van der Waals surface area (Å²) in [6.45, 7) is 9.41. The molecule has 0 aromatic rings. The van der Waals surface area contributed by atoms with E-state index in [2.05, 4.69) is 13.2 Å². The van der Waals surface area contributed by atoms with Gasteiger partial charge in [-0.15, -0.1) is 6.58 Å². The molecule has 0 aliphatic carbocycles. The van der Waals surface area contributed by atoms with E-state index in [9.17, 15) is 31.2 Å². The molecule has 0 aromatic heterocycles. The van der Waals surface area contributed by atoms with Crippen LogP contribution >= 0.6 is 0 Å². The lowest BCUT2D eigenvalue weighted by molar-refractivity contribution is -0.142. The van der Waals surface area contributed by atoms with E-state index < -0.39 is 32.8 Å². The summed E-state index contributed by atoms with van der Waals surface area (Å²) in [5.41, 5.74) is -7.00. The molecule has 1 N–H and O–H groups in total. The van der Waals surface area contributed by atoms with Crippen molar-refractivity contribution in [2.45, 2.75) is 38.6 Å². The highest BCUT2D eigenvalue weighted by Gasteiger charge is 2.49. The number of nitrogens with one attached hydrogen (secondary N) is 1. The number of esters is 1. The predicted octanol–water partition coefficient (Wildman–Crippen LogP) is 2.43. The summed E-state index contributed by atoms with van der Waals surface area (Å²) in [5.74, 6) is -2.05. The summed E-state index contributed by atoms with van der Waals surface area (Å²) in [6, 6.07) is 0. The molecular weight excluding hydrogens is 351 g/mol. The second-order valence-corrected chi connectivity index (χ2v) is 6.85. The highest BCUT2D eigenvalue weighted by atomic mass is 32.2. The van der Waals surface area contributed by atoms with Crippen LogP contribution in [0.4, 0.5) is 13.2 Å². The van der Waals surface area contributed by atoms with Gasteiger partial charge >= 0.3 is 21.5 Å². The van der Waals surface area contributed by atoms with Crippen LogP contribution in [0.1, 0.15) is 33.1 Å². The Hall–Kier alpha value is -1.84. The van der Waals surface area contributed by atoms with E-state index in [1.54, 1.807) is 0 Å². The Bertz CT molecular complexity index is 612. The SMILES string of the molecule is C=CCC(CC)(CCOC(=O)C(=C)C)C(=O)NS(=O)(=O)C(F)(F)F. The van der Waals surface area contributed by atoms with E-state index in [-0.39, 0.29) is 31.4 Å². The Morgan fingerprint density at radius 1 is 1.29 bits per heavy atom. The molecule has 0 aromatic carbocycles. The Balaban J connectivity index is 5.29. The Kier molecular flexibility index (Phi) is 7.68. The number of halogens is 3. The Morgan fingerprint density at radius 2 is 1.83 bits per heavy atom. The number of hydrogen-bond donors (Lipinski definition) is 1. The highest BCUT2D eigenvalue weighted by Crippen LogP contribution is 2.33. The van der Waals surface area contributed by atoms with E-state index >= 15 is 0 Å². The second kappa shape index (κ2) is 8.32. The predicted molar refractivity (Wildman–Crippen MR) is 81.0 cm³/mol. The van der Waals surface area contributed by atoms with Crippen molar-refractivity contribution >= 4 is 21.9 Å². The molecule has 10 heteroatoms. The number of carbonyl (C=O) groups excluding carboxylic acids is 2. The monoisotopic (exact) mass is 371 g/mol. The fraction of sp³-hybridized carbons (Fsp3) is 0.571. The number of rotatable bonds is 9. The van der Waals surface area contributed by atoms with Gasteiger partial charge in [0, 0.05) is 5.57 Å². The van der Waals surface area contributed by atoms with Crippen LogP contribution in [0, 0.1) is 5.41 Å².